The average Bonchev–Trinajstić information content (AvgIpc) is 2.70. The van der Waals surface area contributed by atoms with Crippen LogP contribution in [-0.2, 0) is 16.0 Å². The zero-order valence-electron chi connectivity index (χ0n) is 9.83. The van der Waals surface area contributed by atoms with Crippen molar-refractivity contribution in [3.8, 4) is 0 Å². The first-order valence-corrected chi connectivity index (χ1v) is 5.51. The number of pyridine rings is 1. The number of carbonyl (C=O) groups is 2. The van der Waals surface area contributed by atoms with Crippen LogP contribution in [0.2, 0.25) is 0 Å². The van der Waals surface area contributed by atoms with Gasteiger partial charge in [0.15, 0.2) is 0 Å². The van der Waals surface area contributed by atoms with Gasteiger partial charge in [0.25, 0.3) is 0 Å². The third-order valence-corrected chi connectivity index (χ3v) is 2.50. The Morgan fingerprint density at radius 1 is 1.50 bits per heavy atom. The van der Waals surface area contributed by atoms with E-state index in [1.165, 1.54) is 6.92 Å². The number of nitrogens with one attached hydrogen (secondary N) is 1. The summed E-state index contributed by atoms with van der Waals surface area (Å²) in [6.07, 6.45) is 3.66. The third kappa shape index (κ3) is 2.65. The summed E-state index contributed by atoms with van der Waals surface area (Å²) in [5, 5.41) is 11.1. The maximum Gasteiger partial charge on any atom is 0.325 e. The molecule has 1 amide bonds. The van der Waals surface area contributed by atoms with Crippen LogP contribution < -0.4 is 5.32 Å². The van der Waals surface area contributed by atoms with Gasteiger partial charge in [-0.2, -0.15) is 0 Å². The molecular weight excluding hydrogens is 234 g/mol. The lowest BCUT2D eigenvalue weighted by atomic mass is 10.3. The molecule has 0 saturated carbocycles. The first-order valence-electron chi connectivity index (χ1n) is 5.51. The molecule has 94 valence electrons. The van der Waals surface area contributed by atoms with E-state index in [4.69, 9.17) is 5.11 Å². The van der Waals surface area contributed by atoms with Gasteiger partial charge in [-0.05, 0) is 19.1 Å². The molecule has 0 radical (unpaired) electrons. The Labute approximate surface area is 103 Å². The highest BCUT2D eigenvalue weighted by Gasteiger charge is 2.15. The van der Waals surface area contributed by atoms with Gasteiger partial charge in [-0.1, -0.05) is 6.07 Å². The minimum atomic E-state index is -1.06. The summed E-state index contributed by atoms with van der Waals surface area (Å²) in [7, 11) is 0. The second-order valence-electron chi connectivity index (χ2n) is 4.00. The number of carbonyl (C=O) groups excluding carboxylic acids is 1. The van der Waals surface area contributed by atoms with E-state index in [2.05, 4.69) is 10.3 Å². The molecule has 1 atom stereocenters. The minimum absolute atomic E-state index is 0.0688. The molecule has 0 bridgehead atoms. The van der Waals surface area contributed by atoms with E-state index in [0.717, 1.165) is 5.65 Å². The Balaban J connectivity index is 2.05. The zero-order valence-corrected chi connectivity index (χ0v) is 9.83. The summed E-state index contributed by atoms with van der Waals surface area (Å²) in [5.74, 6) is -1.41. The number of amides is 1. The van der Waals surface area contributed by atoms with E-state index in [1.54, 1.807) is 6.20 Å². The lowest BCUT2D eigenvalue weighted by Gasteiger charge is -2.07. The Morgan fingerprint density at radius 3 is 2.94 bits per heavy atom. The Hall–Kier alpha value is -2.37. The molecule has 0 aliphatic rings. The summed E-state index contributed by atoms with van der Waals surface area (Å²) in [4.78, 5) is 26.4. The monoisotopic (exact) mass is 247 g/mol. The number of hydrogen-bond acceptors (Lipinski definition) is 3. The molecule has 2 rings (SSSR count). The first kappa shape index (κ1) is 12.1. The molecule has 6 heteroatoms. The summed E-state index contributed by atoms with van der Waals surface area (Å²) in [6.45, 7) is 1.42. The lowest BCUT2D eigenvalue weighted by molar-refractivity contribution is -0.141. The van der Waals surface area contributed by atoms with Gasteiger partial charge in [0.05, 0.1) is 12.1 Å². The van der Waals surface area contributed by atoms with Gasteiger partial charge in [0, 0.05) is 12.4 Å². The van der Waals surface area contributed by atoms with E-state index in [0.29, 0.717) is 5.69 Å². The highest BCUT2D eigenvalue weighted by atomic mass is 16.4. The van der Waals surface area contributed by atoms with E-state index in [-0.39, 0.29) is 12.3 Å². The molecule has 2 aromatic heterocycles. The average molecular weight is 247 g/mol. The van der Waals surface area contributed by atoms with Crippen LogP contribution in [0.15, 0.2) is 30.6 Å². The number of nitrogens with zero attached hydrogens (tertiary/aromatic N) is 2. The molecule has 6 nitrogen and oxygen atoms in total. The van der Waals surface area contributed by atoms with Crippen molar-refractivity contribution >= 4 is 17.5 Å². The number of carboxylic acid groups (broad SMARTS) is 1. The molecule has 0 aliphatic heterocycles. The molecule has 0 aromatic carbocycles. The number of aromatic nitrogens is 2. The number of hydrogen-bond donors (Lipinski definition) is 2. The van der Waals surface area contributed by atoms with Crippen molar-refractivity contribution in [1.82, 2.24) is 14.7 Å². The fourth-order valence-corrected chi connectivity index (χ4v) is 1.59. The molecule has 0 aliphatic carbocycles. The van der Waals surface area contributed by atoms with Gasteiger partial charge in [-0.25, -0.2) is 4.98 Å². The van der Waals surface area contributed by atoms with Crippen molar-refractivity contribution in [3.63, 3.8) is 0 Å². The summed E-state index contributed by atoms with van der Waals surface area (Å²) in [6, 6.07) is 4.67. The Bertz CT molecular complexity index is 558. The quantitative estimate of drug-likeness (QED) is 0.822. The van der Waals surface area contributed by atoms with Gasteiger partial charge in [0.2, 0.25) is 5.91 Å². The van der Waals surface area contributed by atoms with Crippen LogP contribution in [0.1, 0.15) is 12.6 Å². The number of rotatable bonds is 4. The predicted molar refractivity (Wildman–Crippen MR) is 64.1 cm³/mol. The van der Waals surface area contributed by atoms with Gasteiger partial charge in [0.1, 0.15) is 11.7 Å². The number of aliphatic carboxylic acids is 1. The summed E-state index contributed by atoms with van der Waals surface area (Å²) >= 11 is 0. The highest BCUT2D eigenvalue weighted by Crippen LogP contribution is 2.05. The molecule has 2 N–H and O–H groups in total. The molecule has 0 fully saturated rings. The standard InChI is InChI=1S/C12H13N3O3/c1-8(12(17)18)13-11(16)6-9-7-15-5-3-2-4-10(15)14-9/h2-5,7-8H,6H2,1H3,(H,13,16)(H,17,18)/t8-/m0/s1. The second kappa shape index (κ2) is 4.87. The van der Waals surface area contributed by atoms with E-state index < -0.39 is 12.0 Å². The van der Waals surface area contributed by atoms with Gasteiger partial charge >= 0.3 is 5.97 Å². The Morgan fingerprint density at radius 2 is 2.28 bits per heavy atom. The summed E-state index contributed by atoms with van der Waals surface area (Å²) in [5.41, 5.74) is 1.36. The maximum absolute atomic E-state index is 11.6. The van der Waals surface area contributed by atoms with Crippen LogP contribution in [-0.4, -0.2) is 32.4 Å². The maximum atomic E-state index is 11.6. The number of imidazole rings is 1. The zero-order chi connectivity index (χ0) is 13.1. The van der Waals surface area contributed by atoms with E-state index in [1.807, 2.05) is 28.8 Å². The van der Waals surface area contributed by atoms with Crippen molar-refractivity contribution in [2.75, 3.05) is 0 Å². The fraction of sp³-hybridized carbons (Fsp3) is 0.250. The second-order valence-corrected chi connectivity index (χ2v) is 4.00. The van der Waals surface area contributed by atoms with E-state index in [9.17, 15) is 9.59 Å². The van der Waals surface area contributed by atoms with Crippen molar-refractivity contribution in [2.45, 2.75) is 19.4 Å². The molecule has 0 unspecified atom stereocenters. The minimum Gasteiger partial charge on any atom is -0.480 e. The summed E-state index contributed by atoms with van der Waals surface area (Å²) < 4.78 is 1.81. The van der Waals surface area contributed by atoms with Crippen LogP contribution in [0.4, 0.5) is 0 Å². The highest BCUT2D eigenvalue weighted by molar-refractivity contribution is 5.84. The van der Waals surface area contributed by atoms with Gasteiger partial charge < -0.3 is 14.8 Å². The normalized spacial score (nSPS) is 12.3. The van der Waals surface area contributed by atoms with Crippen LogP contribution in [0.25, 0.3) is 5.65 Å². The van der Waals surface area contributed by atoms with Crippen LogP contribution in [0, 0.1) is 0 Å². The van der Waals surface area contributed by atoms with Crippen LogP contribution >= 0.6 is 0 Å². The van der Waals surface area contributed by atoms with Crippen LogP contribution in [0.3, 0.4) is 0 Å². The Kier molecular flexibility index (Phi) is 3.27. The molecule has 0 spiro atoms. The third-order valence-electron chi connectivity index (χ3n) is 2.50. The predicted octanol–water partition coefficient (Wildman–Crippen LogP) is 0.466. The van der Waals surface area contributed by atoms with Gasteiger partial charge in [-0.15, -0.1) is 0 Å². The fourth-order valence-electron chi connectivity index (χ4n) is 1.59. The van der Waals surface area contributed by atoms with Crippen molar-refractivity contribution in [1.29, 1.82) is 0 Å². The number of fused-ring (bicyclic) bond motifs is 1. The molecule has 0 saturated heterocycles. The van der Waals surface area contributed by atoms with Gasteiger partial charge in [-0.3, -0.25) is 9.59 Å². The van der Waals surface area contributed by atoms with Crippen molar-refractivity contribution in [2.24, 2.45) is 0 Å². The van der Waals surface area contributed by atoms with Crippen molar-refractivity contribution < 1.29 is 14.7 Å². The molecular formula is C12H13N3O3. The molecule has 2 aromatic rings. The lowest BCUT2D eigenvalue weighted by Crippen LogP contribution is -2.39. The number of carboxylic acids is 1. The first-order chi connectivity index (χ1) is 8.56. The smallest absolute Gasteiger partial charge is 0.325 e. The topological polar surface area (TPSA) is 83.7 Å². The van der Waals surface area contributed by atoms with Crippen molar-refractivity contribution in [3.05, 3.63) is 36.3 Å². The SMILES string of the molecule is C[C@H](NC(=O)Cc1cn2ccccc2n1)C(=O)O. The molecule has 2 heterocycles. The van der Waals surface area contributed by atoms with E-state index >= 15 is 0 Å². The van der Waals surface area contributed by atoms with Crippen LogP contribution in [0.5, 0.6) is 0 Å². The molecule has 18 heavy (non-hydrogen) atoms. The largest absolute Gasteiger partial charge is 0.480 e.